The Hall–Kier alpha value is -1.37. The summed E-state index contributed by atoms with van der Waals surface area (Å²) in [6.07, 6.45) is 1.96. The van der Waals surface area contributed by atoms with Crippen molar-refractivity contribution in [2.45, 2.75) is 12.8 Å². The standard InChI is InChI=1S/C12H17ClN4O2/c13-9-1-2-10(17-14)16-11(9)12(18)15-5-3-8-4-6-19-7-8/h1-2,8H,3-7,14H2,(H,15,18)(H,16,17). The number of hydrogen-bond acceptors (Lipinski definition) is 5. The van der Waals surface area contributed by atoms with Crippen molar-refractivity contribution in [3.05, 3.63) is 22.8 Å². The molecule has 0 bridgehead atoms. The van der Waals surface area contributed by atoms with E-state index in [4.69, 9.17) is 22.2 Å². The number of carbonyl (C=O) groups is 1. The van der Waals surface area contributed by atoms with Crippen LogP contribution in [0.2, 0.25) is 5.02 Å². The number of anilines is 1. The number of aromatic nitrogens is 1. The summed E-state index contributed by atoms with van der Waals surface area (Å²) in [5.41, 5.74) is 2.56. The normalized spacial score (nSPS) is 18.3. The van der Waals surface area contributed by atoms with Gasteiger partial charge in [0.05, 0.1) is 5.02 Å². The van der Waals surface area contributed by atoms with Crippen LogP contribution in [0, 0.1) is 5.92 Å². The molecule has 104 valence electrons. The molecule has 1 aromatic heterocycles. The second kappa shape index (κ2) is 6.70. The number of nitrogens with two attached hydrogens (primary N) is 1. The van der Waals surface area contributed by atoms with E-state index in [2.05, 4.69) is 15.7 Å². The van der Waals surface area contributed by atoms with Gasteiger partial charge in [-0.1, -0.05) is 11.6 Å². The minimum Gasteiger partial charge on any atom is -0.381 e. The molecule has 1 fully saturated rings. The zero-order valence-corrected chi connectivity index (χ0v) is 11.2. The number of halogens is 1. The first-order valence-corrected chi connectivity index (χ1v) is 6.57. The van der Waals surface area contributed by atoms with Gasteiger partial charge in [-0.15, -0.1) is 0 Å². The van der Waals surface area contributed by atoms with Crippen molar-refractivity contribution in [3.63, 3.8) is 0 Å². The Morgan fingerprint density at radius 2 is 2.42 bits per heavy atom. The van der Waals surface area contributed by atoms with Gasteiger partial charge in [-0.2, -0.15) is 0 Å². The monoisotopic (exact) mass is 284 g/mol. The van der Waals surface area contributed by atoms with Crippen LogP contribution in [0.15, 0.2) is 12.1 Å². The third-order valence-corrected chi connectivity index (χ3v) is 3.38. The predicted molar refractivity (Wildman–Crippen MR) is 72.9 cm³/mol. The van der Waals surface area contributed by atoms with Crippen molar-refractivity contribution >= 4 is 23.3 Å². The fraction of sp³-hybridized carbons (Fsp3) is 0.500. The van der Waals surface area contributed by atoms with E-state index < -0.39 is 0 Å². The van der Waals surface area contributed by atoms with Gasteiger partial charge in [0.1, 0.15) is 11.5 Å². The van der Waals surface area contributed by atoms with Crippen molar-refractivity contribution in [2.24, 2.45) is 11.8 Å². The summed E-state index contributed by atoms with van der Waals surface area (Å²) in [5.74, 6) is 5.89. The summed E-state index contributed by atoms with van der Waals surface area (Å²) < 4.78 is 5.28. The molecule has 7 heteroatoms. The minimum atomic E-state index is -0.291. The molecule has 19 heavy (non-hydrogen) atoms. The van der Waals surface area contributed by atoms with Crippen molar-refractivity contribution in [2.75, 3.05) is 25.2 Å². The molecule has 1 unspecified atom stereocenters. The number of nitrogen functional groups attached to an aromatic ring is 1. The third kappa shape index (κ3) is 3.79. The van der Waals surface area contributed by atoms with Crippen LogP contribution in [0.5, 0.6) is 0 Å². The Labute approximate surface area is 116 Å². The molecule has 4 N–H and O–H groups in total. The van der Waals surface area contributed by atoms with E-state index in [1.807, 2.05) is 0 Å². The van der Waals surface area contributed by atoms with Gasteiger partial charge in [-0.05, 0) is 30.9 Å². The third-order valence-electron chi connectivity index (χ3n) is 3.07. The number of nitrogens with zero attached hydrogens (tertiary/aromatic N) is 1. The van der Waals surface area contributed by atoms with Crippen LogP contribution in [0.4, 0.5) is 5.82 Å². The lowest BCUT2D eigenvalue weighted by Crippen LogP contribution is -2.27. The summed E-state index contributed by atoms with van der Waals surface area (Å²) in [5, 5.41) is 3.11. The Morgan fingerprint density at radius 3 is 3.11 bits per heavy atom. The molecule has 1 aromatic rings. The first-order chi connectivity index (χ1) is 9.20. The molecule has 2 rings (SSSR count). The van der Waals surface area contributed by atoms with E-state index in [-0.39, 0.29) is 11.6 Å². The number of ether oxygens (including phenoxy) is 1. The molecule has 6 nitrogen and oxygen atoms in total. The first-order valence-electron chi connectivity index (χ1n) is 6.20. The van der Waals surface area contributed by atoms with E-state index in [1.54, 1.807) is 12.1 Å². The molecule has 2 heterocycles. The van der Waals surface area contributed by atoms with Gasteiger partial charge in [0.2, 0.25) is 0 Å². The number of hydrazine groups is 1. The predicted octanol–water partition coefficient (Wildman–Crippen LogP) is 1.18. The zero-order valence-electron chi connectivity index (χ0n) is 10.5. The second-order valence-electron chi connectivity index (χ2n) is 4.45. The fourth-order valence-corrected chi connectivity index (χ4v) is 2.16. The molecule has 0 spiro atoms. The van der Waals surface area contributed by atoms with Crippen molar-refractivity contribution < 1.29 is 9.53 Å². The highest BCUT2D eigenvalue weighted by Crippen LogP contribution is 2.17. The highest BCUT2D eigenvalue weighted by atomic mass is 35.5. The maximum absolute atomic E-state index is 11.9. The van der Waals surface area contributed by atoms with Crippen LogP contribution in [0.25, 0.3) is 0 Å². The van der Waals surface area contributed by atoms with E-state index in [0.29, 0.717) is 23.3 Å². The summed E-state index contributed by atoms with van der Waals surface area (Å²) >= 11 is 5.94. The number of rotatable bonds is 5. The summed E-state index contributed by atoms with van der Waals surface area (Å²) in [6.45, 7) is 2.18. The van der Waals surface area contributed by atoms with Gasteiger partial charge in [0.25, 0.3) is 5.91 Å². The largest absolute Gasteiger partial charge is 0.381 e. The van der Waals surface area contributed by atoms with Gasteiger partial charge in [-0.3, -0.25) is 4.79 Å². The van der Waals surface area contributed by atoms with Crippen molar-refractivity contribution in [3.8, 4) is 0 Å². The Bertz CT molecular complexity index is 449. The molecule has 0 saturated carbocycles. The molecule has 1 aliphatic rings. The molecule has 1 aliphatic heterocycles. The minimum absolute atomic E-state index is 0.180. The highest BCUT2D eigenvalue weighted by Gasteiger charge is 2.17. The summed E-state index contributed by atoms with van der Waals surface area (Å²) in [7, 11) is 0. The number of pyridine rings is 1. The molecular formula is C12H17ClN4O2. The molecule has 1 amide bonds. The molecule has 1 atom stereocenters. The van der Waals surface area contributed by atoms with Crippen LogP contribution in [-0.4, -0.2) is 30.6 Å². The number of amides is 1. The Kier molecular flexibility index (Phi) is 4.95. The van der Waals surface area contributed by atoms with Gasteiger partial charge >= 0.3 is 0 Å². The number of nitrogens with one attached hydrogen (secondary N) is 2. The van der Waals surface area contributed by atoms with Gasteiger partial charge in [-0.25, -0.2) is 10.8 Å². The smallest absolute Gasteiger partial charge is 0.271 e. The maximum atomic E-state index is 11.9. The van der Waals surface area contributed by atoms with E-state index in [0.717, 1.165) is 26.1 Å². The van der Waals surface area contributed by atoms with Crippen LogP contribution in [-0.2, 0) is 4.74 Å². The van der Waals surface area contributed by atoms with Crippen molar-refractivity contribution in [1.29, 1.82) is 0 Å². The van der Waals surface area contributed by atoms with Crippen LogP contribution < -0.4 is 16.6 Å². The lowest BCUT2D eigenvalue weighted by atomic mass is 10.1. The van der Waals surface area contributed by atoms with Gasteiger partial charge in [0.15, 0.2) is 0 Å². The maximum Gasteiger partial charge on any atom is 0.271 e. The molecular weight excluding hydrogens is 268 g/mol. The molecule has 0 aliphatic carbocycles. The molecule has 1 saturated heterocycles. The molecule has 0 aromatic carbocycles. The Balaban J connectivity index is 1.88. The van der Waals surface area contributed by atoms with Crippen LogP contribution >= 0.6 is 11.6 Å². The van der Waals surface area contributed by atoms with Crippen LogP contribution in [0.3, 0.4) is 0 Å². The Morgan fingerprint density at radius 1 is 1.58 bits per heavy atom. The second-order valence-corrected chi connectivity index (χ2v) is 4.85. The average Bonchev–Trinajstić information content (AvgIpc) is 2.92. The lowest BCUT2D eigenvalue weighted by Gasteiger charge is -2.10. The molecule has 0 radical (unpaired) electrons. The highest BCUT2D eigenvalue weighted by molar-refractivity contribution is 6.33. The topological polar surface area (TPSA) is 89.3 Å². The van der Waals surface area contributed by atoms with E-state index in [1.165, 1.54) is 0 Å². The SMILES string of the molecule is NNc1ccc(Cl)c(C(=O)NCCC2CCOC2)n1. The zero-order chi connectivity index (χ0) is 13.7. The average molecular weight is 285 g/mol. The van der Waals surface area contributed by atoms with Crippen LogP contribution in [0.1, 0.15) is 23.3 Å². The van der Waals surface area contributed by atoms with E-state index >= 15 is 0 Å². The lowest BCUT2D eigenvalue weighted by molar-refractivity contribution is 0.0946. The van der Waals surface area contributed by atoms with Crippen molar-refractivity contribution in [1.82, 2.24) is 10.3 Å². The summed E-state index contributed by atoms with van der Waals surface area (Å²) in [6, 6.07) is 3.19. The quantitative estimate of drug-likeness (QED) is 0.558. The number of hydrogen-bond donors (Lipinski definition) is 3. The van der Waals surface area contributed by atoms with E-state index in [9.17, 15) is 4.79 Å². The summed E-state index contributed by atoms with van der Waals surface area (Å²) in [4.78, 5) is 16.0. The van der Waals surface area contributed by atoms with Gasteiger partial charge in [0, 0.05) is 19.8 Å². The number of carbonyl (C=O) groups excluding carboxylic acids is 1. The first kappa shape index (κ1) is 14.0. The fourth-order valence-electron chi connectivity index (χ4n) is 1.97. The van der Waals surface area contributed by atoms with Gasteiger partial charge < -0.3 is 15.5 Å².